The highest BCUT2D eigenvalue weighted by Gasteiger charge is 2.40. The lowest BCUT2D eigenvalue weighted by Gasteiger charge is -2.27. The number of benzene rings is 1. The highest BCUT2D eigenvalue weighted by Crippen LogP contribution is 2.39. The average Bonchev–Trinajstić information content (AvgIpc) is 2.68. The Morgan fingerprint density at radius 1 is 1.12 bits per heavy atom. The molecule has 0 radical (unpaired) electrons. The zero-order chi connectivity index (χ0) is 11.7. The third-order valence-corrected chi connectivity index (χ3v) is 4.53. The number of nitrogens with zero attached hydrogens (tertiary/aromatic N) is 1. The fourth-order valence-corrected chi connectivity index (χ4v) is 3.59. The van der Waals surface area contributed by atoms with Crippen LogP contribution in [0.4, 0.5) is 0 Å². The molecule has 2 aliphatic rings. The lowest BCUT2D eigenvalue weighted by molar-refractivity contribution is 0.210. The van der Waals surface area contributed by atoms with E-state index in [0.29, 0.717) is 6.17 Å². The molecule has 3 atom stereocenters. The van der Waals surface area contributed by atoms with Gasteiger partial charge in [-0.2, -0.15) is 0 Å². The first kappa shape index (κ1) is 11.2. The summed E-state index contributed by atoms with van der Waals surface area (Å²) in [4.78, 5) is 2.48. The Morgan fingerprint density at radius 3 is 2.65 bits per heavy atom. The Morgan fingerprint density at radius 2 is 1.88 bits per heavy atom. The van der Waals surface area contributed by atoms with Crippen LogP contribution in [0.1, 0.15) is 31.2 Å². The number of hydrogen-bond acceptors (Lipinski definition) is 2. The Hall–Kier alpha value is -0.860. The van der Waals surface area contributed by atoms with Gasteiger partial charge in [-0.15, -0.1) is 0 Å². The molecule has 1 saturated heterocycles. The monoisotopic (exact) mass is 230 g/mol. The molecule has 1 saturated carbocycles. The molecule has 2 fully saturated rings. The van der Waals surface area contributed by atoms with E-state index in [2.05, 4.69) is 35.2 Å². The predicted molar refractivity (Wildman–Crippen MR) is 70.3 cm³/mol. The molecular formula is C15H22N2. The van der Waals surface area contributed by atoms with Crippen LogP contribution in [-0.4, -0.2) is 17.6 Å². The molecular weight excluding hydrogens is 208 g/mol. The number of likely N-dealkylation sites (tertiary alicyclic amines) is 1. The molecule has 3 rings (SSSR count). The van der Waals surface area contributed by atoms with Crippen molar-refractivity contribution in [1.82, 2.24) is 4.90 Å². The van der Waals surface area contributed by atoms with Crippen LogP contribution in [0.25, 0.3) is 0 Å². The van der Waals surface area contributed by atoms with Gasteiger partial charge in [-0.1, -0.05) is 43.2 Å². The Bertz CT molecular complexity index is 362. The van der Waals surface area contributed by atoms with Gasteiger partial charge in [-0.25, -0.2) is 0 Å². The second-order valence-electron chi connectivity index (χ2n) is 5.61. The van der Waals surface area contributed by atoms with Crippen LogP contribution < -0.4 is 5.73 Å². The van der Waals surface area contributed by atoms with Crippen molar-refractivity contribution in [2.45, 2.75) is 38.4 Å². The van der Waals surface area contributed by atoms with Gasteiger partial charge < -0.3 is 5.73 Å². The minimum absolute atomic E-state index is 0.292. The van der Waals surface area contributed by atoms with Crippen LogP contribution in [0.3, 0.4) is 0 Å². The minimum atomic E-state index is 0.292. The molecule has 1 aromatic carbocycles. The second kappa shape index (κ2) is 4.79. The van der Waals surface area contributed by atoms with Crippen LogP contribution in [0.2, 0.25) is 0 Å². The summed E-state index contributed by atoms with van der Waals surface area (Å²) in [5.41, 5.74) is 7.80. The van der Waals surface area contributed by atoms with Gasteiger partial charge in [0.25, 0.3) is 0 Å². The van der Waals surface area contributed by atoms with E-state index in [4.69, 9.17) is 5.73 Å². The van der Waals surface area contributed by atoms with Crippen molar-refractivity contribution in [3.63, 3.8) is 0 Å². The fourth-order valence-electron chi connectivity index (χ4n) is 3.59. The quantitative estimate of drug-likeness (QED) is 0.846. The lowest BCUT2D eigenvalue weighted by Crippen LogP contribution is -2.40. The van der Waals surface area contributed by atoms with Crippen molar-refractivity contribution in [1.29, 1.82) is 0 Å². The highest BCUT2D eigenvalue weighted by molar-refractivity contribution is 5.15. The normalized spacial score (nSPS) is 33.6. The molecule has 1 heterocycles. The molecule has 1 aliphatic heterocycles. The molecule has 17 heavy (non-hydrogen) atoms. The first-order valence-electron chi connectivity index (χ1n) is 6.88. The molecule has 1 aliphatic carbocycles. The third-order valence-electron chi connectivity index (χ3n) is 4.53. The van der Waals surface area contributed by atoms with Gasteiger partial charge in [0.15, 0.2) is 0 Å². The largest absolute Gasteiger partial charge is 0.315 e. The topological polar surface area (TPSA) is 29.3 Å². The number of nitrogens with two attached hydrogens (primary N) is 1. The summed E-state index contributed by atoms with van der Waals surface area (Å²) in [6.07, 6.45) is 5.82. The zero-order valence-electron chi connectivity index (χ0n) is 10.4. The van der Waals surface area contributed by atoms with E-state index in [1.165, 1.54) is 37.8 Å². The van der Waals surface area contributed by atoms with Gasteiger partial charge in [0, 0.05) is 13.1 Å². The van der Waals surface area contributed by atoms with Crippen molar-refractivity contribution in [3.8, 4) is 0 Å². The van der Waals surface area contributed by atoms with Gasteiger partial charge in [-0.05, 0) is 30.2 Å². The molecule has 2 heteroatoms. The molecule has 2 nitrogen and oxygen atoms in total. The van der Waals surface area contributed by atoms with Crippen molar-refractivity contribution in [2.24, 2.45) is 17.6 Å². The van der Waals surface area contributed by atoms with Crippen LogP contribution >= 0.6 is 0 Å². The van der Waals surface area contributed by atoms with E-state index in [0.717, 1.165) is 18.4 Å². The van der Waals surface area contributed by atoms with Crippen LogP contribution in [-0.2, 0) is 6.54 Å². The summed E-state index contributed by atoms with van der Waals surface area (Å²) in [7, 11) is 0. The number of fused-ring (bicyclic) bond motifs is 1. The van der Waals surface area contributed by atoms with Gasteiger partial charge in [0.2, 0.25) is 0 Å². The van der Waals surface area contributed by atoms with Crippen LogP contribution in [0.15, 0.2) is 30.3 Å². The van der Waals surface area contributed by atoms with Gasteiger partial charge in [-0.3, -0.25) is 4.90 Å². The molecule has 1 aromatic rings. The molecule has 0 spiro atoms. The first-order valence-corrected chi connectivity index (χ1v) is 6.88. The number of rotatable bonds is 2. The standard InChI is InChI=1S/C15H22N2/c16-15-14-9-5-4-8-13(14)11-17(15)10-12-6-2-1-3-7-12/h1-3,6-7,13-15H,4-5,8-11,16H2. The van der Waals surface area contributed by atoms with E-state index in [1.54, 1.807) is 0 Å². The van der Waals surface area contributed by atoms with Crippen LogP contribution in [0.5, 0.6) is 0 Å². The first-order chi connectivity index (χ1) is 8.34. The smallest absolute Gasteiger partial charge is 0.0607 e. The van der Waals surface area contributed by atoms with Crippen molar-refractivity contribution in [3.05, 3.63) is 35.9 Å². The van der Waals surface area contributed by atoms with E-state index in [9.17, 15) is 0 Å². The third kappa shape index (κ3) is 2.24. The summed E-state index contributed by atoms with van der Waals surface area (Å²) < 4.78 is 0. The molecule has 2 N–H and O–H groups in total. The Balaban J connectivity index is 1.68. The van der Waals surface area contributed by atoms with E-state index in [1.807, 2.05) is 0 Å². The Labute approximate surface area is 104 Å². The van der Waals surface area contributed by atoms with Gasteiger partial charge in [0.05, 0.1) is 6.17 Å². The highest BCUT2D eigenvalue weighted by atomic mass is 15.3. The van der Waals surface area contributed by atoms with Crippen LogP contribution in [0, 0.1) is 11.8 Å². The summed E-state index contributed by atoms with van der Waals surface area (Å²) >= 11 is 0. The van der Waals surface area contributed by atoms with Gasteiger partial charge in [0.1, 0.15) is 0 Å². The SMILES string of the molecule is NC1C2CCCCC2CN1Cc1ccccc1. The maximum Gasteiger partial charge on any atom is 0.0607 e. The second-order valence-corrected chi connectivity index (χ2v) is 5.61. The Kier molecular flexibility index (Phi) is 3.17. The van der Waals surface area contributed by atoms with E-state index < -0.39 is 0 Å². The van der Waals surface area contributed by atoms with Gasteiger partial charge >= 0.3 is 0 Å². The summed E-state index contributed by atoms with van der Waals surface area (Å²) in [6.45, 7) is 2.23. The summed E-state index contributed by atoms with van der Waals surface area (Å²) in [6, 6.07) is 10.7. The molecule has 0 aromatic heterocycles. The zero-order valence-corrected chi connectivity index (χ0v) is 10.4. The average molecular weight is 230 g/mol. The molecule has 0 amide bonds. The number of hydrogen-bond donors (Lipinski definition) is 1. The van der Waals surface area contributed by atoms with Crippen molar-refractivity contribution < 1.29 is 0 Å². The minimum Gasteiger partial charge on any atom is -0.315 e. The summed E-state index contributed by atoms with van der Waals surface area (Å²) in [5.74, 6) is 1.62. The predicted octanol–water partition coefficient (Wildman–Crippen LogP) is 2.59. The molecule has 0 bridgehead atoms. The maximum absolute atomic E-state index is 6.41. The van der Waals surface area contributed by atoms with E-state index >= 15 is 0 Å². The lowest BCUT2D eigenvalue weighted by atomic mass is 9.81. The van der Waals surface area contributed by atoms with Crippen molar-refractivity contribution >= 4 is 0 Å². The summed E-state index contributed by atoms with van der Waals surface area (Å²) in [5, 5.41) is 0. The van der Waals surface area contributed by atoms with E-state index in [-0.39, 0.29) is 0 Å². The maximum atomic E-state index is 6.41. The fraction of sp³-hybridized carbons (Fsp3) is 0.600. The van der Waals surface area contributed by atoms with Crippen molar-refractivity contribution in [2.75, 3.05) is 6.54 Å². The molecule has 3 unspecified atom stereocenters. The molecule has 92 valence electrons.